The van der Waals surface area contributed by atoms with Crippen LogP contribution in [0.3, 0.4) is 0 Å². The summed E-state index contributed by atoms with van der Waals surface area (Å²) in [6.45, 7) is 0.0600. The van der Waals surface area contributed by atoms with Gasteiger partial charge in [-0.15, -0.1) is 0 Å². The van der Waals surface area contributed by atoms with Crippen molar-refractivity contribution in [3.05, 3.63) is 45.2 Å². The van der Waals surface area contributed by atoms with Gasteiger partial charge in [0.05, 0.1) is 18.6 Å². The molecule has 6 nitrogen and oxygen atoms in total. The van der Waals surface area contributed by atoms with E-state index in [2.05, 4.69) is 0 Å². The molecule has 0 amide bonds. The lowest BCUT2D eigenvalue weighted by Crippen LogP contribution is -2.27. The van der Waals surface area contributed by atoms with Crippen molar-refractivity contribution in [2.24, 2.45) is 5.73 Å². The number of nitrogens with two attached hydrogens (primary N) is 1. The molecule has 1 unspecified atom stereocenters. The van der Waals surface area contributed by atoms with Crippen molar-refractivity contribution in [2.75, 3.05) is 20.8 Å². The molecule has 0 bridgehead atoms. The maximum absolute atomic E-state index is 12.1. The highest BCUT2D eigenvalue weighted by atomic mass is 32.1. The Morgan fingerprint density at radius 1 is 1.57 bits per heavy atom. The third kappa shape index (κ3) is 2.77. The molecule has 2 N–H and O–H groups in total. The zero-order chi connectivity index (χ0) is 15.4. The smallest absolute Gasteiger partial charge is 0.338 e. The number of allylic oxidation sites excluding steroid dienone is 1. The van der Waals surface area contributed by atoms with E-state index in [9.17, 15) is 10.1 Å². The predicted molar refractivity (Wildman–Crippen MR) is 75.9 cm³/mol. The average Bonchev–Trinajstić information content (AvgIpc) is 3.00. The zero-order valence-corrected chi connectivity index (χ0v) is 12.4. The van der Waals surface area contributed by atoms with E-state index in [1.165, 1.54) is 25.6 Å². The van der Waals surface area contributed by atoms with Gasteiger partial charge in [0.15, 0.2) is 0 Å². The van der Waals surface area contributed by atoms with Crippen molar-refractivity contribution in [3.63, 3.8) is 0 Å². The fourth-order valence-electron chi connectivity index (χ4n) is 2.16. The number of ether oxygens (including phenoxy) is 3. The Hall–Kier alpha value is -2.30. The van der Waals surface area contributed by atoms with Crippen molar-refractivity contribution in [2.45, 2.75) is 5.92 Å². The molecule has 21 heavy (non-hydrogen) atoms. The minimum Gasteiger partial charge on any atom is -0.466 e. The maximum Gasteiger partial charge on any atom is 0.338 e. The van der Waals surface area contributed by atoms with E-state index in [1.54, 1.807) is 0 Å². The van der Waals surface area contributed by atoms with Gasteiger partial charge in [-0.05, 0) is 22.4 Å². The second-order valence-corrected chi connectivity index (χ2v) is 5.02. The van der Waals surface area contributed by atoms with Crippen molar-refractivity contribution in [3.8, 4) is 6.07 Å². The average molecular weight is 306 g/mol. The van der Waals surface area contributed by atoms with E-state index in [0.717, 1.165) is 5.56 Å². The van der Waals surface area contributed by atoms with Crippen LogP contribution in [-0.2, 0) is 19.0 Å². The van der Waals surface area contributed by atoms with Crippen molar-refractivity contribution in [1.29, 1.82) is 5.26 Å². The van der Waals surface area contributed by atoms with Gasteiger partial charge >= 0.3 is 5.97 Å². The van der Waals surface area contributed by atoms with Gasteiger partial charge in [0.1, 0.15) is 24.0 Å². The van der Waals surface area contributed by atoms with Crippen LogP contribution in [0.15, 0.2) is 39.6 Å². The molecule has 0 saturated heterocycles. The van der Waals surface area contributed by atoms with Crippen LogP contribution in [0, 0.1) is 11.3 Å². The summed E-state index contributed by atoms with van der Waals surface area (Å²) in [6.07, 6.45) is 0. The number of hydrogen-bond acceptors (Lipinski definition) is 7. The number of carbonyl (C=O) groups excluding carboxylic acids is 1. The van der Waals surface area contributed by atoms with Crippen LogP contribution in [0.5, 0.6) is 0 Å². The highest BCUT2D eigenvalue weighted by Gasteiger charge is 2.37. The Labute approximate surface area is 126 Å². The molecule has 0 aliphatic carbocycles. The van der Waals surface area contributed by atoms with E-state index >= 15 is 0 Å². The Morgan fingerprint density at radius 2 is 2.33 bits per heavy atom. The van der Waals surface area contributed by atoms with Crippen LogP contribution < -0.4 is 5.73 Å². The van der Waals surface area contributed by atoms with Gasteiger partial charge in [-0.1, -0.05) is 0 Å². The molecule has 110 valence electrons. The number of nitrogens with zero attached hydrogens (tertiary/aromatic N) is 1. The summed E-state index contributed by atoms with van der Waals surface area (Å²) in [4.78, 5) is 12.1. The monoisotopic (exact) mass is 306 g/mol. The second-order valence-electron chi connectivity index (χ2n) is 4.24. The molecule has 0 saturated carbocycles. The lowest BCUT2D eigenvalue weighted by atomic mass is 9.84. The quantitative estimate of drug-likeness (QED) is 0.850. The number of rotatable bonds is 4. The van der Waals surface area contributed by atoms with E-state index < -0.39 is 11.9 Å². The van der Waals surface area contributed by atoms with Crippen molar-refractivity contribution in [1.82, 2.24) is 0 Å². The first-order valence-electron chi connectivity index (χ1n) is 6.04. The number of esters is 1. The van der Waals surface area contributed by atoms with Crippen LogP contribution in [0.1, 0.15) is 11.5 Å². The maximum atomic E-state index is 12.1. The zero-order valence-electron chi connectivity index (χ0n) is 11.6. The molecule has 1 aliphatic rings. The number of hydrogen-bond donors (Lipinski definition) is 1. The molecule has 1 aromatic rings. The highest BCUT2D eigenvalue weighted by molar-refractivity contribution is 7.08. The highest BCUT2D eigenvalue weighted by Crippen LogP contribution is 2.40. The summed E-state index contributed by atoms with van der Waals surface area (Å²) < 4.78 is 15.2. The van der Waals surface area contributed by atoms with Crippen LogP contribution in [0.25, 0.3) is 0 Å². The lowest BCUT2D eigenvalue weighted by Gasteiger charge is -2.26. The Bertz CT molecular complexity index is 640. The fraction of sp³-hybridized carbons (Fsp3) is 0.286. The van der Waals surface area contributed by atoms with Gasteiger partial charge in [-0.25, -0.2) is 4.79 Å². The molecular formula is C14H14N2O4S. The minimum atomic E-state index is -0.604. The third-order valence-corrected chi connectivity index (χ3v) is 3.76. The van der Waals surface area contributed by atoms with E-state index in [-0.39, 0.29) is 29.4 Å². The second kappa shape index (κ2) is 6.43. The van der Waals surface area contributed by atoms with Crippen LogP contribution in [0.2, 0.25) is 0 Å². The van der Waals surface area contributed by atoms with Crippen molar-refractivity contribution < 1.29 is 19.0 Å². The largest absolute Gasteiger partial charge is 0.466 e. The summed E-state index contributed by atoms with van der Waals surface area (Å²) in [5.74, 6) is -0.934. The number of methoxy groups -OCH3 is 2. The van der Waals surface area contributed by atoms with Gasteiger partial charge in [0.25, 0.3) is 0 Å². The van der Waals surface area contributed by atoms with Gasteiger partial charge in [0.2, 0.25) is 5.88 Å². The van der Waals surface area contributed by atoms with Crippen molar-refractivity contribution >= 4 is 17.3 Å². The van der Waals surface area contributed by atoms with E-state index in [0.29, 0.717) is 0 Å². The fourth-order valence-corrected chi connectivity index (χ4v) is 2.85. The molecule has 0 aromatic carbocycles. The lowest BCUT2D eigenvalue weighted by molar-refractivity contribution is -0.136. The van der Waals surface area contributed by atoms with Crippen LogP contribution in [-0.4, -0.2) is 26.8 Å². The Morgan fingerprint density at radius 3 is 2.86 bits per heavy atom. The molecule has 0 fully saturated rings. The molecule has 2 rings (SSSR count). The molecule has 0 spiro atoms. The first kappa shape index (κ1) is 15.1. The van der Waals surface area contributed by atoms with E-state index in [1.807, 2.05) is 22.9 Å². The van der Waals surface area contributed by atoms with Gasteiger partial charge in [0, 0.05) is 7.11 Å². The number of carbonyl (C=O) groups is 1. The first-order chi connectivity index (χ1) is 10.1. The summed E-state index contributed by atoms with van der Waals surface area (Å²) >= 11 is 1.46. The topological polar surface area (TPSA) is 94.6 Å². The standard InChI is InChI=1S/C14H14N2O4S/c1-18-6-10-12(14(17)19-2)11(8-3-4-21-7-8)9(5-15)13(16)20-10/h3-4,7,11H,6,16H2,1-2H3. The molecule has 1 aliphatic heterocycles. The molecular weight excluding hydrogens is 292 g/mol. The summed E-state index contributed by atoms with van der Waals surface area (Å²) in [6, 6.07) is 3.85. The Balaban J connectivity index is 2.62. The third-order valence-electron chi connectivity index (χ3n) is 3.05. The SMILES string of the molecule is COCC1=C(C(=O)OC)C(c2ccsc2)C(C#N)=C(N)O1. The molecule has 2 heterocycles. The molecule has 1 aromatic heterocycles. The van der Waals surface area contributed by atoms with Gasteiger partial charge in [-0.3, -0.25) is 0 Å². The number of nitriles is 1. The summed E-state index contributed by atoms with van der Waals surface area (Å²) in [5, 5.41) is 13.1. The number of thiophene rings is 1. The van der Waals surface area contributed by atoms with Gasteiger partial charge in [-0.2, -0.15) is 16.6 Å². The predicted octanol–water partition coefficient (Wildman–Crippen LogP) is 1.63. The Kier molecular flexibility index (Phi) is 4.62. The summed E-state index contributed by atoms with van der Waals surface area (Å²) in [7, 11) is 2.75. The van der Waals surface area contributed by atoms with Crippen LogP contribution in [0.4, 0.5) is 0 Å². The normalized spacial score (nSPS) is 18.2. The molecule has 1 atom stereocenters. The molecule has 0 radical (unpaired) electrons. The van der Waals surface area contributed by atoms with Crippen LogP contribution >= 0.6 is 11.3 Å². The minimum absolute atomic E-state index is 0.0200. The summed E-state index contributed by atoms with van der Waals surface area (Å²) in [5.41, 5.74) is 7.02. The van der Waals surface area contributed by atoms with E-state index in [4.69, 9.17) is 19.9 Å². The first-order valence-corrected chi connectivity index (χ1v) is 6.98. The molecule has 7 heteroatoms. The van der Waals surface area contributed by atoms with Gasteiger partial charge < -0.3 is 19.9 Å².